The fourth-order valence-corrected chi connectivity index (χ4v) is 2.15. The van der Waals surface area contributed by atoms with E-state index in [1.54, 1.807) is 0 Å². The monoisotopic (exact) mass is 159 g/mol. The number of piperidine rings is 1. The number of rotatable bonds is 1. The molecule has 0 saturated carbocycles. The van der Waals surface area contributed by atoms with Gasteiger partial charge in [0.25, 0.3) is 0 Å². The molecule has 3 unspecified atom stereocenters. The van der Waals surface area contributed by atoms with Crippen molar-refractivity contribution in [2.24, 2.45) is 11.8 Å². The Morgan fingerprint density at radius 2 is 2.09 bits per heavy atom. The average Bonchev–Trinajstić information content (AvgIpc) is 1.85. The molecule has 1 nitrogen and oxygen atoms in total. The molecule has 3 atom stereocenters. The lowest BCUT2D eigenvalue weighted by Gasteiger charge is -2.36. The normalized spacial score (nSPS) is 40.9. The van der Waals surface area contributed by atoms with E-state index in [0.717, 1.165) is 13.0 Å². The topological polar surface area (TPSA) is 3.24 Å². The standard InChI is InChI=1S/C9H18FN/c1-4-8-7(2)5-11(3)6-9(8)10/h7-9H,4-6H2,1-3H3. The lowest BCUT2D eigenvalue weighted by Crippen LogP contribution is -2.44. The molecular weight excluding hydrogens is 141 g/mol. The molecular formula is C9H18FN. The third-order valence-electron chi connectivity index (χ3n) is 2.75. The average molecular weight is 159 g/mol. The van der Waals surface area contributed by atoms with Crippen LogP contribution in [0.25, 0.3) is 0 Å². The molecule has 0 aliphatic carbocycles. The van der Waals surface area contributed by atoms with Crippen molar-refractivity contribution in [3.63, 3.8) is 0 Å². The van der Waals surface area contributed by atoms with Crippen LogP contribution in [0.2, 0.25) is 0 Å². The molecule has 1 fully saturated rings. The van der Waals surface area contributed by atoms with Gasteiger partial charge >= 0.3 is 0 Å². The third kappa shape index (κ3) is 1.92. The second kappa shape index (κ2) is 3.53. The molecule has 0 aromatic carbocycles. The summed E-state index contributed by atoms with van der Waals surface area (Å²) in [5, 5.41) is 0. The van der Waals surface area contributed by atoms with Crippen molar-refractivity contribution < 1.29 is 4.39 Å². The van der Waals surface area contributed by atoms with Gasteiger partial charge in [-0.1, -0.05) is 20.3 Å². The van der Waals surface area contributed by atoms with Crippen molar-refractivity contribution in [1.82, 2.24) is 4.90 Å². The molecule has 0 radical (unpaired) electrons. The second-order valence-corrected chi connectivity index (χ2v) is 3.79. The SMILES string of the molecule is CCC1C(C)CN(C)CC1F. The molecule has 11 heavy (non-hydrogen) atoms. The third-order valence-corrected chi connectivity index (χ3v) is 2.75. The summed E-state index contributed by atoms with van der Waals surface area (Å²) < 4.78 is 13.3. The second-order valence-electron chi connectivity index (χ2n) is 3.79. The molecule has 0 aromatic heterocycles. The first-order valence-electron chi connectivity index (χ1n) is 4.47. The Hall–Kier alpha value is -0.110. The van der Waals surface area contributed by atoms with E-state index in [9.17, 15) is 4.39 Å². The van der Waals surface area contributed by atoms with Gasteiger partial charge in [-0.05, 0) is 18.9 Å². The highest BCUT2D eigenvalue weighted by molar-refractivity contribution is 4.82. The number of hydrogen-bond acceptors (Lipinski definition) is 1. The van der Waals surface area contributed by atoms with E-state index in [-0.39, 0.29) is 0 Å². The van der Waals surface area contributed by atoms with E-state index >= 15 is 0 Å². The van der Waals surface area contributed by atoms with Crippen LogP contribution in [0.3, 0.4) is 0 Å². The van der Waals surface area contributed by atoms with Gasteiger partial charge in [-0.25, -0.2) is 4.39 Å². The lowest BCUT2D eigenvalue weighted by atomic mass is 9.84. The molecule has 1 saturated heterocycles. The Bertz CT molecular complexity index is 115. The minimum atomic E-state index is -0.603. The van der Waals surface area contributed by atoms with Gasteiger partial charge in [-0.15, -0.1) is 0 Å². The zero-order valence-corrected chi connectivity index (χ0v) is 7.68. The van der Waals surface area contributed by atoms with Crippen LogP contribution in [0, 0.1) is 11.8 Å². The summed E-state index contributed by atoms with van der Waals surface area (Å²) in [5.74, 6) is 0.819. The first kappa shape index (κ1) is 8.98. The fraction of sp³-hybridized carbons (Fsp3) is 1.00. The smallest absolute Gasteiger partial charge is 0.116 e. The van der Waals surface area contributed by atoms with Gasteiger partial charge in [0.15, 0.2) is 0 Å². The maximum atomic E-state index is 13.3. The fourth-order valence-electron chi connectivity index (χ4n) is 2.15. The van der Waals surface area contributed by atoms with Crippen LogP contribution in [-0.2, 0) is 0 Å². The highest BCUT2D eigenvalue weighted by Crippen LogP contribution is 2.27. The van der Waals surface area contributed by atoms with Crippen LogP contribution in [-0.4, -0.2) is 31.2 Å². The minimum absolute atomic E-state index is 0.297. The zero-order chi connectivity index (χ0) is 8.43. The summed E-state index contributed by atoms with van der Waals surface area (Å²) in [6.45, 7) is 5.91. The van der Waals surface area contributed by atoms with E-state index < -0.39 is 6.17 Å². The summed E-state index contributed by atoms with van der Waals surface area (Å²) in [6.07, 6.45) is 0.379. The van der Waals surface area contributed by atoms with Crippen LogP contribution in [0.15, 0.2) is 0 Å². The highest BCUT2D eigenvalue weighted by Gasteiger charge is 2.31. The molecule has 1 aliphatic rings. The molecule has 0 N–H and O–H groups in total. The maximum absolute atomic E-state index is 13.3. The first-order valence-corrected chi connectivity index (χ1v) is 4.47. The molecule has 1 rings (SSSR count). The Morgan fingerprint density at radius 3 is 2.55 bits per heavy atom. The van der Waals surface area contributed by atoms with Crippen LogP contribution in [0.4, 0.5) is 4.39 Å². The van der Waals surface area contributed by atoms with Crippen molar-refractivity contribution in [1.29, 1.82) is 0 Å². The van der Waals surface area contributed by atoms with Gasteiger partial charge in [0.1, 0.15) is 6.17 Å². The number of halogens is 1. The molecule has 0 bridgehead atoms. The Morgan fingerprint density at radius 1 is 1.45 bits per heavy atom. The van der Waals surface area contributed by atoms with Crippen molar-refractivity contribution >= 4 is 0 Å². The Labute approximate surface area is 68.6 Å². The summed E-state index contributed by atoms with van der Waals surface area (Å²) in [5.41, 5.74) is 0. The minimum Gasteiger partial charge on any atom is -0.303 e. The number of alkyl halides is 1. The Kier molecular flexibility index (Phi) is 2.88. The van der Waals surface area contributed by atoms with E-state index in [1.807, 2.05) is 7.05 Å². The molecule has 2 heteroatoms. The van der Waals surface area contributed by atoms with Gasteiger partial charge in [0.05, 0.1) is 0 Å². The molecule has 0 amide bonds. The Balaban J connectivity index is 2.52. The van der Waals surface area contributed by atoms with E-state index in [0.29, 0.717) is 18.4 Å². The quantitative estimate of drug-likeness (QED) is 0.565. The van der Waals surface area contributed by atoms with Crippen molar-refractivity contribution in [2.45, 2.75) is 26.4 Å². The predicted molar refractivity (Wildman–Crippen MR) is 45.3 cm³/mol. The highest BCUT2D eigenvalue weighted by atomic mass is 19.1. The number of likely N-dealkylation sites (tertiary alicyclic amines) is 1. The van der Waals surface area contributed by atoms with E-state index in [4.69, 9.17) is 0 Å². The van der Waals surface area contributed by atoms with Crippen molar-refractivity contribution in [3.05, 3.63) is 0 Å². The summed E-state index contributed by atoms with van der Waals surface area (Å²) in [4.78, 5) is 2.08. The lowest BCUT2D eigenvalue weighted by molar-refractivity contribution is 0.0561. The van der Waals surface area contributed by atoms with Crippen molar-refractivity contribution in [2.75, 3.05) is 20.1 Å². The van der Waals surface area contributed by atoms with Gasteiger partial charge in [-0.3, -0.25) is 0 Å². The van der Waals surface area contributed by atoms with Crippen molar-refractivity contribution in [3.8, 4) is 0 Å². The molecule has 0 aromatic rings. The summed E-state index contributed by atoms with van der Waals surface area (Å²) in [7, 11) is 2.00. The number of nitrogens with zero attached hydrogens (tertiary/aromatic N) is 1. The first-order chi connectivity index (χ1) is 5.15. The van der Waals surface area contributed by atoms with Crippen LogP contribution >= 0.6 is 0 Å². The van der Waals surface area contributed by atoms with Gasteiger partial charge in [-0.2, -0.15) is 0 Å². The van der Waals surface area contributed by atoms with Gasteiger partial charge in [0, 0.05) is 13.1 Å². The van der Waals surface area contributed by atoms with Gasteiger partial charge < -0.3 is 4.90 Å². The van der Waals surface area contributed by atoms with Crippen LogP contribution in [0.5, 0.6) is 0 Å². The molecule has 66 valence electrons. The predicted octanol–water partition coefficient (Wildman–Crippen LogP) is 1.93. The largest absolute Gasteiger partial charge is 0.303 e. The number of hydrogen-bond donors (Lipinski definition) is 0. The van der Waals surface area contributed by atoms with Crippen LogP contribution in [0.1, 0.15) is 20.3 Å². The maximum Gasteiger partial charge on any atom is 0.116 e. The van der Waals surface area contributed by atoms with E-state index in [1.165, 1.54) is 0 Å². The summed E-state index contributed by atoms with van der Waals surface area (Å²) in [6, 6.07) is 0. The molecule has 0 spiro atoms. The molecule has 1 heterocycles. The summed E-state index contributed by atoms with van der Waals surface area (Å²) >= 11 is 0. The molecule has 1 aliphatic heterocycles. The van der Waals surface area contributed by atoms with Gasteiger partial charge in [0.2, 0.25) is 0 Å². The zero-order valence-electron chi connectivity index (χ0n) is 7.68. The van der Waals surface area contributed by atoms with Crippen LogP contribution < -0.4 is 0 Å². The van der Waals surface area contributed by atoms with E-state index in [2.05, 4.69) is 18.7 Å².